The third kappa shape index (κ3) is 6.52. The number of nitrogens with zero attached hydrogens (tertiary/aromatic N) is 1. The van der Waals surface area contributed by atoms with E-state index in [1.165, 1.54) is 0 Å². The lowest BCUT2D eigenvalue weighted by atomic mass is 10.2. The standard InChI is InChI=1S/C14H24N2O3/c1-12(15-2)14-6-5-13(11-16-14)19-8-4-7-18-10-9-17-3/h5-6,11-12,15H,4,7-10H2,1-3H3. The van der Waals surface area contributed by atoms with Gasteiger partial charge in [-0.2, -0.15) is 0 Å². The molecule has 0 aliphatic carbocycles. The monoisotopic (exact) mass is 268 g/mol. The summed E-state index contributed by atoms with van der Waals surface area (Å²) in [6, 6.07) is 4.18. The summed E-state index contributed by atoms with van der Waals surface area (Å²) in [5.41, 5.74) is 1.01. The van der Waals surface area contributed by atoms with Crippen LogP contribution in [0.25, 0.3) is 0 Å². The average molecular weight is 268 g/mol. The van der Waals surface area contributed by atoms with E-state index in [0.29, 0.717) is 26.4 Å². The normalized spacial score (nSPS) is 12.4. The average Bonchev–Trinajstić information content (AvgIpc) is 2.46. The Hall–Kier alpha value is -1.17. The lowest BCUT2D eigenvalue weighted by Crippen LogP contribution is -2.13. The maximum Gasteiger partial charge on any atom is 0.137 e. The molecule has 0 saturated carbocycles. The lowest BCUT2D eigenvalue weighted by molar-refractivity contribution is 0.0644. The minimum atomic E-state index is 0.253. The molecule has 1 unspecified atom stereocenters. The highest BCUT2D eigenvalue weighted by atomic mass is 16.5. The number of hydrogen-bond donors (Lipinski definition) is 1. The Morgan fingerprint density at radius 1 is 1.21 bits per heavy atom. The fraction of sp³-hybridized carbons (Fsp3) is 0.643. The lowest BCUT2D eigenvalue weighted by Gasteiger charge is -2.10. The van der Waals surface area contributed by atoms with Gasteiger partial charge >= 0.3 is 0 Å². The van der Waals surface area contributed by atoms with Gasteiger partial charge in [-0.05, 0) is 26.1 Å². The molecule has 0 aliphatic rings. The van der Waals surface area contributed by atoms with Gasteiger partial charge in [0.05, 0.1) is 31.7 Å². The Balaban J connectivity index is 2.16. The van der Waals surface area contributed by atoms with Crippen LogP contribution in [0.4, 0.5) is 0 Å². The van der Waals surface area contributed by atoms with Crippen molar-refractivity contribution >= 4 is 0 Å². The molecule has 5 heteroatoms. The molecule has 5 nitrogen and oxygen atoms in total. The van der Waals surface area contributed by atoms with E-state index in [-0.39, 0.29) is 6.04 Å². The molecule has 1 atom stereocenters. The zero-order chi connectivity index (χ0) is 13.9. The summed E-state index contributed by atoms with van der Waals surface area (Å²) in [7, 11) is 3.58. The number of rotatable bonds is 10. The fourth-order valence-electron chi connectivity index (χ4n) is 1.48. The SMILES string of the molecule is CNC(C)c1ccc(OCCCOCCOC)cn1. The van der Waals surface area contributed by atoms with Crippen molar-refractivity contribution in [3.63, 3.8) is 0 Å². The van der Waals surface area contributed by atoms with Crippen LogP contribution >= 0.6 is 0 Å². The first-order valence-electron chi connectivity index (χ1n) is 6.60. The first-order valence-corrected chi connectivity index (χ1v) is 6.60. The molecule has 19 heavy (non-hydrogen) atoms. The molecule has 0 aromatic carbocycles. The molecule has 0 spiro atoms. The summed E-state index contributed by atoms with van der Waals surface area (Å²) >= 11 is 0. The Morgan fingerprint density at radius 2 is 2.05 bits per heavy atom. The van der Waals surface area contributed by atoms with Crippen molar-refractivity contribution in [1.82, 2.24) is 10.3 Å². The third-order valence-electron chi connectivity index (χ3n) is 2.77. The Morgan fingerprint density at radius 3 is 2.68 bits per heavy atom. The molecule has 1 N–H and O–H groups in total. The van der Waals surface area contributed by atoms with Gasteiger partial charge in [0, 0.05) is 26.2 Å². The second-order valence-electron chi connectivity index (χ2n) is 4.24. The molecule has 0 bridgehead atoms. The molecule has 0 fully saturated rings. The highest BCUT2D eigenvalue weighted by Gasteiger charge is 2.03. The largest absolute Gasteiger partial charge is 0.492 e. The van der Waals surface area contributed by atoms with Crippen LogP contribution in [0.3, 0.4) is 0 Å². The van der Waals surface area contributed by atoms with E-state index in [1.54, 1.807) is 13.3 Å². The Labute approximate surface area is 115 Å². The maximum absolute atomic E-state index is 5.59. The van der Waals surface area contributed by atoms with Crippen LogP contribution in [0.1, 0.15) is 25.1 Å². The Kier molecular flexibility index (Phi) is 8.13. The van der Waals surface area contributed by atoms with Crippen LogP contribution in [-0.2, 0) is 9.47 Å². The third-order valence-corrected chi connectivity index (χ3v) is 2.77. The summed E-state index contributed by atoms with van der Waals surface area (Å²) in [6.07, 6.45) is 2.62. The highest BCUT2D eigenvalue weighted by Crippen LogP contribution is 2.14. The number of hydrogen-bond acceptors (Lipinski definition) is 5. The minimum Gasteiger partial charge on any atom is -0.492 e. The first-order chi connectivity index (χ1) is 9.27. The molecular formula is C14H24N2O3. The van der Waals surface area contributed by atoms with E-state index in [2.05, 4.69) is 17.2 Å². The van der Waals surface area contributed by atoms with Crippen molar-refractivity contribution in [3.8, 4) is 5.75 Å². The fourth-order valence-corrected chi connectivity index (χ4v) is 1.48. The molecular weight excluding hydrogens is 244 g/mol. The maximum atomic E-state index is 5.59. The molecule has 108 valence electrons. The van der Waals surface area contributed by atoms with Crippen LogP contribution in [0.5, 0.6) is 5.75 Å². The molecule has 1 heterocycles. The van der Waals surface area contributed by atoms with Crippen molar-refractivity contribution in [1.29, 1.82) is 0 Å². The Bertz CT molecular complexity index is 330. The zero-order valence-corrected chi connectivity index (χ0v) is 12.0. The van der Waals surface area contributed by atoms with Gasteiger partial charge in [0.1, 0.15) is 5.75 Å². The van der Waals surface area contributed by atoms with E-state index in [0.717, 1.165) is 17.9 Å². The van der Waals surface area contributed by atoms with Crippen LogP contribution in [0, 0.1) is 0 Å². The van der Waals surface area contributed by atoms with Crippen molar-refractivity contribution in [2.24, 2.45) is 0 Å². The highest BCUT2D eigenvalue weighted by molar-refractivity contribution is 5.21. The second-order valence-corrected chi connectivity index (χ2v) is 4.24. The van der Waals surface area contributed by atoms with Crippen LogP contribution < -0.4 is 10.1 Å². The van der Waals surface area contributed by atoms with Crippen molar-refractivity contribution < 1.29 is 14.2 Å². The molecule has 1 rings (SSSR count). The molecule has 0 amide bonds. The van der Waals surface area contributed by atoms with Gasteiger partial charge in [0.25, 0.3) is 0 Å². The topological polar surface area (TPSA) is 52.6 Å². The molecule has 0 saturated heterocycles. The van der Waals surface area contributed by atoms with Crippen molar-refractivity contribution in [2.45, 2.75) is 19.4 Å². The smallest absolute Gasteiger partial charge is 0.137 e. The number of aromatic nitrogens is 1. The van der Waals surface area contributed by atoms with Crippen molar-refractivity contribution in [3.05, 3.63) is 24.0 Å². The molecule has 0 aliphatic heterocycles. The summed E-state index contributed by atoms with van der Waals surface area (Å²) in [6.45, 7) is 4.66. The second kappa shape index (κ2) is 9.72. The first kappa shape index (κ1) is 15.9. The number of nitrogens with one attached hydrogen (secondary N) is 1. The number of methoxy groups -OCH3 is 1. The quantitative estimate of drug-likeness (QED) is 0.656. The summed E-state index contributed by atoms with van der Waals surface area (Å²) < 4.78 is 15.8. The predicted molar refractivity (Wildman–Crippen MR) is 74.5 cm³/mol. The van der Waals surface area contributed by atoms with Gasteiger partial charge in [0.2, 0.25) is 0 Å². The van der Waals surface area contributed by atoms with E-state index >= 15 is 0 Å². The molecule has 1 aromatic rings. The van der Waals surface area contributed by atoms with Gasteiger partial charge in [-0.25, -0.2) is 0 Å². The molecule has 0 radical (unpaired) electrons. The van der Waals surface area contributed by atoms with Gasteiger partial charge < -0.3 is 19.5 Å². The van der Waals surface area contributed by atoms with Crippen LogP contribution in [0.2, 0.25) is 0 Å². The zero-order valence-electron chi connectivity index (χ0n) is 12.0. The van der Waals surface area contributed by atoms with E-state index in [9.17, 15) is 0 Å². The van der Waals surface area contributed by atoms with Gasteiger partial charge in [-0.1, -0.05) is 0 Å². The van der Waals surface area contributed by atoms with E-state index < -0.39 is 0 Å². The van der Waals surface area contributed by atoms with Crippen LogP contribution in [0.15, 0.2) is 18.3 Å². The van der Waals surface area contributed by atoms with E-state index in [4.69, 9.17) is 14.2 Å². The summed E-state index contributed by atoms with van der Waals surface area (Å²) in [5, 5.41) is 3.15. The van der Waals surface area contributed by atoms with Crippen LogP contribution in [-0.4, -0.2) is 45.6 Å². The van der Waals surface area contributed by atoms with Gasteiger partial charge in [0.15, 0.2) is 0 Å². The van der Waals surface area contributed by atoms with Crippen molar-refractivity contribution in [2.75, 3.05) is 40.6 Å². The van der Waals surface area contributed by atoms with E-state index in [1.807, 2.05) is 19.2 Å². The predicted octanol–water partition coefficient (Wildman–Crippen LogP) is 1.79. The number of ether oxygens (including phenoxy) is 3. The summed E-state index contributed by atoms with van der Waals surface area (Å²) in [4.78, 5) is 4.35. The van der Waals surface area contributed by atoms with Gasteiger partial charge in [-0.15, -0.1) is 0 Å². The number of pyridine rings is 1. The summed E-state index contributed by atoms with van der Waals surface area (Å²) in [5.74, 6) is 0.795. The minimum absolute atomic E-state index is 0.253. The van der Waals surface area contributed by atoms with Gasteiger partial charge in [-0.3, -0.25) is 4.98 Å². The molecule has 1 aromatic heterocycles.